The van der Waals surface area contributed by atoms with E-state index in [-0.39, 0.29) is 19.3 Å². The summed E-state index contributed by atoms with van der Waals surface area (Å²) in [7, 11) is 0. The van der Waals surface area contributed by atoms with E-state index in [1.54, 1.807) is 6.92 Å². The zero-order chi connectivity index (χ0) is 14.3. The molecule has 0 radical (unpaired) electrons. The molecule has 1 nitrogen and oxygen atoms in total. The molecule has 0 bridgehead atoms. The summed E-state index contributed by atoms with van der Waals surface area (Å²) in [5.41, 5.74) is -0.607. The lowest BCUT2D eigenvalue weighted by molar-refractivity contribution is -0.202. The van der Waals surface area contributed by atoms with E-state index in [0.29, 0.717) is 17.5 Å². The highest BCUT2D eigenvalue weighted by Crippen LogP contribution is 2.46. The standard InChI is InChI=1S/C14H16F4O/c1-9-7-11(15)4-5-12(9)13(19)6-2-3-10(8-13)14(16,17)18/h4-5,7,10,19H,2-3,6,8H2,1H3. The van der Waals surface area contributed by atoms with Crippen LogP contribution in [0, 0.1) is 18.7 Å². The van der Waals surface area contributed by atoms with E-state index in [2.05, 4.69) is 0 Å². The van der Waals surface area contributed by atoms with Gasteiger partial charge in [-0.3, -0.25) is 0 Å². The van der Waals surface area contributed by atoms with Gasteiger partial charge >= 0.3 is 6.18 Å². The van der Waals surface area contributed by atoms with Crippen molar-refractivity contribution in [3.8, 4) is 0 Å². The van der Waals surface area contributed by atoms with Crippen LogP contribution < -0.4 is 0 Å². The minimum Gasteiger partial charge on any atom is -0.385 e. The molecule has 0 amide bonds. The molecule has 0 aromatic heterocycles. The second-order valence-corrected chi connectivity index (χ2v) is 5.33. The number of halogens is 4. The normalized spacial score (nSPS) is 28.4. The molecule has 0 heterocycles. The Labute approximate surface area is 109 Å². The molecule has 2 atom stereocenters. The van der Waals surface area contributed by atoms with E-state index in [4.69, 9.17) is 0 Å². The van der Waals surface area contributed by atoms with E-state index in [9.17, 15) is 22.7 Å². The third-order valence-electron chi connectivity index (χ3n) is 3.88. The summed E-state index contributed by atoms with van der Waals surface area (Å²) >= 11 is 0. The third kappa shape index (κ3) is 2.91. The molecular weight excluding hydrogens is 260 g/mol. The molecule has 106 valence electrons. The summed E-state index contributed by atoms with van der Waals surface area (Å²) in [5, 5.41) is 10.5. The Kier molecular flexibility index (Phi) is 3.60. The second kappa shape index (κ2) is 4.78. The number of rotatable bonds is 1. The van der Waals surface area contributed by atoms with Crippen LogP contribution in [0.3, 0.4) is 0 Å². The van der Waals surface area contributed by atoms with Gasteiger partial charge in [0.05, 0.1) is 11.5 Å². The lowest BCUT2D eigenvalue weighted by Gasteiger charge is -2.38. The largest absolute Gasteiger partial charge is 0.391 e. The summed E-state index contributed by atoms with van der Waals surface area (Å²) in [6.07, 6.45) is -3.99. The molecule has 1 aliphatic rings. The summed E-state index contributed by atoms with van der Waals surface area (Å²) in [4.78, 5) is 0. The maximum absolute atomic E-state index is 13.0. The number of hydrogen-bond donors (Lipinski definition) is 1. The van der Waals surface area contributed by atoms with E-state index >= 15 is 0 Å². The van der Waals surface area contributed by atoms with Gasteiger partial charge in [0.25, 0.3) is 0 Å². The van der Waals surface area contributed by atoms with Crippen LogP contribution in [0.4, 0.5) is 17.6 Å². The van der Waals surface area contributed by atoms with Crippen LogP contribution in [0.2, 0.25) is 0 Å². The minimum absolute atomic E-state index is 0.0477. The van der Waals surface area contributed by atoms with Crippen molar-refractivity contribution in [3.63, 3.8) is 0 Å². The first kappa shape index (κ1) is 14.3. The molecule has 1 saturated carbocycles. The maximum atomic E-state index is 13.0. The average Bonchev–Trinajstić information content (AvgIpc) is 2.27. The highest BCUT2D eigenvalue weighted by atomic mass is 19.4. The lowest BCUT2D eigenvalue weighted by atomic mass is 9.73. The van der Waals surface area contributed by atoms with Crippen LogP contribution in [0.25, 0.3) is 0 Å². The van der Waals surface area contributed by atoms with Gasteiger partial charge in [-0.25, -0.2) is 4.39 Å². The van der Waals surface area contributed by atoms with Gasteiger partial charge in [0.1, 0.15) is 5.82 Å². The predicted molar refractivity (Wildman–Crippen MR) is 63.0 cm³/mol. The van der Waals surface area contributed by atoms with Crippen LogP contribution in [-0.2, 0) is 5.60 Å². The highest BCUT2D eigenvalue weighted by molar-refractivity contribution is 5.32. The SMILES string of the molecule is Cc1cc(F)ccc1C1(O)CCCC(C(F)(F)F)C1. The quantitative estimate of drug-likeness (QED) is 0.766. The van der Waals surface area contributed by atoms with Gasteiger partial charge in [0, 0.05) is 0 Å². The first-order valence-electron chi connectivity index (χ1n) is 6.28. The third-order valence-corrected chi connectivity index (χ3v) is 3.88. The number of hydrogen-bond acceptors (Lipinski definition) is 1. The van der Waals surface area contributed by atoms with E-state index in [0.717, 1.165) is 0 Å². The van der Waals surface area contributed by atoms with Gasteiger partial charge in [-0.05, 0) is 55.9 Å². The molecule has 0 spiro atoms. The molecule has 0 aliphatic heterocycles. The smallest absolute Gasteiger partial charge is 0.385 e. The molecule has 1 aliphatic carbocycles. The van der Waals surface area contributed by atoms with Gasteiger partial charge in [-0.15, -0.1) is 0 Å². The fourth-order valence-corrected chi connectivity index (χ4v) is 2.93. The Balaban J connectivity index is 2.31. The van der Waals surface area contributed by atoms with Crippen molar-refractivity contribution in [1.29, 1.82) is 0 Å². The zero-order valence-electron chi connectivity index (χ0n) is 10.6. The van der Waals surface area contributed by atoms with Crippen LogP contribution in [-0.4, -0.2) is 11.3 Å². The molecule has 0 saturated heterocycles. The predicted octanol–water partition coefficient (Wildman–Crippen LogP) is 4.07. The van der Waals surface area contributed by atoms with Crippen LogP contribution in [0.5, 0.6) is 0 Å². The first-order valence-corrected chi connectivity index (χ1v) is 6.28. The molecule has 2 unspecified atom stereocenters. The molecule has 19 heavy (non-hydrogen) atoms. The van der Waals surface area contributed by atoms with Gasteiger partial charge < -0.3 is 5.11 Å². The van der Waals surface area contributed by atoms with Crippen molar-refractivity contribution in [2.24, 2.45) is 5.92 Å². The molecule has 1 aromatic rings. The molecule has 2 rings (SSSR count). The van der Waals surface area contributed by atoms with Crippen LogP contribution in [0.15, 0.2) is 18.2 Å². The molecule has 5 heteroatoms. The van der Waals surface area contributed by atoms with Crippen molar-refractivity contribution in [2.75, 3.05) is 0 Å². The average molecular weight is 276 g/mol. The summed E-state index contributed by atoms with van der Waals surface area (Å²) in [6.45, 7) is 1.60. The van der Waals surface area contributed by atoms with Gasteiger partial charge in [0.2, 0.25) is 0 Å². The molecule has 1 N–H and O–H groups in total. The lowest BCUT2D eigenvalue weighted by Crippen LogP contribution is -2.38. The molecular formula is C14H16F4O. The fourth-order valence-electron chi connectivity index (χ4n) is 2.93. The van der Waals surface area contributed by atoms with Gasteiger partial charge in [-0.2, -0.15) is 13.2 Å². The Morgan fingerprint density at radius 2 is 2.00 bits per heavy atom. The highest BCUT2D eigenvalue weighted by Gasteiger charge is 2.47. The Morgan fingerprint density at radius 3 is 2.58 bits per heavy atom. The molecule has 1 fully saturated rings. The van der Waals surface area contributed by atoms with E-state index < -0.39 is 23.5 Å². The van der Waals surface area contributed by atoms with Gasteiger partial charge in [-0.1, -0.05) is 6.07 Å². The topological polar surface area (TPSA) is 20.2 Å². The van der Waals surface area contributed by atoms with E-state index in [1.807, 2.05) is 0 Å². The zero-order valence-corrected chi connectivity index (χ0v) is 10.6. The fraction of sp³-hybridized carbons (Fsp3) is 0.571. The number of alkyl halides is 3. The Bertz CT molecular complexity index is 469. The number of aliphatic hydroxyl groups is 1. The second-order valence-electron chi connectivity index (χ2n) is 5.33. The monoisotopic (exact) mass is 276 g/mol. The summed E-state index contributed by atoms with van der Waals surface area (Å²) in [6, 6.07) is 3.81. The first-order chi connectivity index (χ1) is 8.72. The molecule has 1 aromatic carbocycles. The van der Waals surface area contributed by atoms with Crippen molar-refractivity contribution in [2.45, 2.75) is 44.4 Å². The Hall–Kier alpha value is -1.10. The maximum Gasteiger partial charge on any atom is 0.391 e. The summed E-state index contributed by atoms with van der Waals surface area (Å²) in [5.74, 6) is -1.94. The van der Waals surface area contributed by atoms with Crippen LogP contribution >= 0.6 is 0 Å². The van der Waals surface area contributed by atoms with Crippen molar-refractivity contribution >= 4 is 0 Å². The number of aryl methyl sites for hydroxylation is 1. The van der Waals surface area contributed by atoms with Crippen molar-refractivity contribution in [3.05, 3.63) is 35.1 Å². The number of benzene rings is 1. The van der Waals surface area contributed by atoms with Crippen LogP contribution in [0.1, 0.15) is 36.8 Å². The minimum atomic E-state index is -4.29. The van der Waals surface area contributed by atoms with Crippen molar-refractivity contribution in [1.82, 2.24) is 0 Å². The van der Waals surface area contributed by atoms with E-state index in [1.165, 1.54) is 18.2 Å². The Morgan fingerprint density at radius 1 is 1.32 bits per heavy atom. The summed E-state index contributed by atoms with van der Waals surface area (Å²) < 4.78 is 51.4. The van der Waals surface area contributed by atoms with Gasteiger partial charge in [0.15, 0.2) is 0 Å². The van der Waals surface area contributed by atoms with Crippen molar-refractivity contribution < 1.29 is 22.7 Å².